The zero-order chi connectivity index (χ0) is 14.8. The molecule has 0 radical (unpaired) electrons. The second-order valence-corrected chi connectivity index (χ2v) is 5.76. The van der Waals surface area contributed by atoms with Crippen LogP contribution in [-0.2, 0) is 11.2 Å². The van der Waals surface area contributed by atoms with E-state index in [4.69, 9.17) is 0 Å². The van der Waals surface area contributed by atoms with E-state index < -0.39 is 0 Å². The van der Waals surface area contributed by atoms with E-state index in [-0.39, 0.29) is 24.5 Å². The van der Waals surface area contributed by atoms with E-state index in [0.717, 1.165) is 36.9 Å². The van der Waals surface area contributed by atoms with Gasteiger partial charge < -0.3 is 15.3 Å². The summed E-state index contributed by atoms with van der Waals surface area (Å²) in [5.74, 6) is -0.0734. The highest BCUT2D eigenvalue weighted by Crippen LogP contribution is 2.27. The third-order valence-electron chi connectivity index (χ3n) is 4.34. The maximum Gasteiger partial charge on any atom is 0.254 e. The molecule has 1 heterocycles. The van der Waals surface area contributed by atoms with Crippen LogP contribution in [0.5, 0.6) is 0 Å². The first-order valence-electron chi connectivity index (χ1n) is 7.53. The van der Waals surface area contributed by atoms with E-state index in [1.54, 1.807) is 23.1 Å². The lowest BCUT2D eigenvalue weighted by Crippen LogP contribution is -2.40. The zero-order valence-corrected chi connectivity index (χ0v) is 12.0. The van der Waals surface area contributed by atoms with Gasteiger partial charge in [0, 0.05) is 23.8 Å². The first-order chi connectivity index (χ1) is 10.2. The number of nitrogens with one attached hydrogen (secondary N) is 1. The molecule has 21 heavy (non-hydrogen) atoms. The van der Waals surface area contributed by atoms with Crippen molar-refractivity contribution in [3.8, 4) is 0 Å². The van der Waals surface area contributed by atoms with Crippen LogP contribution in [0.3, 0.4) is 0 Å². The van der Waals surface area contributed by atoms with Crippen LogP contribution >= 0.6 is 0 Å². The first-order valence-corrected chi connectivity index (χ1v) is 7.53. The number of hydrogen-bond acceptors (Lipinski definition) is 3. The molecule has 3 rings (SSSR count). The topological polar surface area (TPSA) is 69.6 Å². The van der Waals surface area contributed by atoms with Crippen LogP contribution in [-0.4, -0.2) is 41.0 Å². The van der Waals surface area contributed by atoms with Crippen molar-refractivity contribution in [2.45, 2.75) is 38.1 Å². The monoisotopic (exact) mass is 288 g/mol. The highest BCUT2D eigenvalue weighted by molar-refractivity contribution is 6.01. The predicted molar refractivity (Wildman–Crippen MR) is 79.2 cm³/mol. The van der Waals surface area contributed by atoms with E-state index >= 15 is 0 Å². The van der Waals surface area contributed by atoms with Crippen LogP contribution in [0.15, 0.2) is 18.2 Å². The molecule has 1 aromatic carbocycles. The van der Waals surface area contributed by atoms with E-state index in [1.807, 2.05) is 0 Å². The lowest BCUT2D eigenvalue weighted by Gasteiger charge is -2.28. The number of aliphatic hydroxyl groups excluding tert-OH is 1. The Hall–Kier alpha value is -1.88. The maximum absolute atomic E-state index is 12.7. The minimum Gasteiger partial charge on any atom is -0.395 e. The Morgan fingerprint density at radius 2 is 2.10 bits per heavy atom. The number of anilines is 1. The van der Waals surface area contributed by atoms with Gasteiger partial charge in [0.25, 0.3) is 5.91 Å². The summed E-state index contributed by atoms with van der Waals surface area (Å²) < 4.78 is 0. The summed E-state index contributed by atoms with van der Waals surface area (Å²) in [5.41, 5.74) is 2.28. The molecule has 112 valence electrons. The SMILES string of the molecule is O=C1Cc2cc(C(=O)N(CCO)C3CCCC3)ccc2N1. The van der Waals surface area contributed by atoms with Crippen molar-refractivity contribution in [3.63, 3.8) is 0 Å². The first kappa shape index (κ1) is 14.1. The van der Waals surface area contributed by atoms with Gasteiger partial charge in [0.2, 0.25) is 5.91 Å². The van der Waals surface area contributed by atoms with Gasteiger partial charge in [-0.15, -0.1) is 0 Å². The minimum atomic E-state index is -0.0434. The number of carbonyl (C=O) groups excluding carboxylic acids is 2. The summed E-state index contributed by atoms with van der Waals surface area (Å²) in [6.45, 7) is 0.352. The molecule has 1 fully saturated rings. The van der Waals surface area contributed by atoms with Gasteiger partial charge in [-0.25, -0.2) is 0 Å². The molecule has 1 aliphatic heterocycles. The summed E-state index contributed by atoms with van der Waals surface area (Å²) in [6, 6.07) is 5.58. The standard InChI is InChI=1S/C16H20N2O3/c19-8-7-18(13-3-1-2-4-13)16(21)11-5-6-14-12(9-11)10-15(20)17-14/h5-6,9,13,19H,1-4,7-8,10H2,(H,17,20). The second kappa shape index (κ2) is 5.85. The lowest BCUT2D eigenvalue weighted by atomic mass is 10.1. The maximum atomic E-state index is 12.7. The summed E-state index contributed by atoms with van der Waals surface area (Å²) in [7, 11) is 0. The molecule has 5 heteroatoms. The molecule has 0 unspecified atom stereocenters. The second-order valence-electron chi connectivity index (χ2n) is 5.76. The van der Waals surface area contributed by atoms with Crippen molar-refractivity contribution < 1.29 is 14.7 Å². The molecule has 2 aliphatic rings. The quantitative estimate of drug-likeness (QED) is 0.883. The van der Waals surface area contributed by atoms with Crippen molar-refractivity contribution in [3.05, 3.63) is 29.3 Å². The zero-order valence-electron chi connectivity index (χ0n) is 12.0. The average Bonchev–Trinajstić information content (AvgIpc) is 3.11. The number of hydrogen-bond donors (Lipinski definition) is 2. The molecule has 0 aromatic heterocycles. The average molecular weight is 288 g/mol. The number of benzene rings is 1. The molecule has 1 saturated carbocycles. The van der Waals surface area contributed by atoms with Crippen molar-refractivity contribution in [2.24, 2.45) is 0 Å². The molecular formula is C16H20N2O3. The van der Waals surface area contributed by atoms with Crippen LogP contribution in [0.1, 0.15) is 41.6 Å². The highest BCUT2D eigenvalue weighted by Gasteiger charge is 2.28. The van der Waals surface area contributed by atoms with Gasteiger partial charge in [-0.1, -0.05) is 12.8 Å². The van der Waals surface area contributed by atoms with Crippen LogP contribution in [0.4, 0.5) is 5.69 Å². The van der Waals surface area contributed by atoms with Gasteiger partial charge in [0.1, 0.15) is 0 Å². The Morgan fingerprint density at radius 1 is 1.33 bits per heavy atom. The Kier molecular flexibility index (Phi) is 3.92. The molecule has 0 atom stereocenters. The van der Waals surface area contributed by atoms with Gasteiger partial charge in [-0.05, 0) is 36.6 Å². The molecule has 5 nitrogen and oxygen atoms in total. The number of rotatable bonds is 4. The largest absolute Gasteiger partial charge is 0.395 e. The summed E-state index contributed by atoms with van der Waals surface area (Å²) in [4.78, 5) is 25.9. The Balaban J connectivity index is 1.82. The fraction of sp³-hybridized carbons (Fsp3) is 0.500. The molecule has 2 N–H and O–H groups in total. The number of fused-ring (bicyclic) bond motifs is 1. The minimum absolute atomic E-state index is 0.0206. The van der Waals surface area contributed by atoms with E-state index in [1.165, 1.54) is 0 Å². The van der Waals surface area contributed by atoms with Gasteiger partial charge in [-0.2, -0.15) is 0 Å². The van der Waals surface area contributed by atoms with Crippen molar-refractivity contribution in [1.29, 1.82) is 0 Å². The van der Waals surface area contributed by atoms with Crippen LogP contribution in [0, 0.1) is 0 Å². The molecule has 0 saturated heterocycles. The van der Waals surface area contributed by atoms with Crippen LogP contribution < -0.4 is 5.32 Å². The van der Waals surface area contributed by atoms with E-state index in [0.29, 0.717) is 18.5 Å². The smallest absolute Gasteiger partial charge is 0.254 e. The van der Waals surface area contributed by atoms with Crippen LogP contribution in [0.25, 0.3) is 0 Å². The summed E-state index contributed by atoms with van der Waals surface area (Å²) >= 11 is 0. The van der Waals surface area contributed by atoms with Gasteiger partial charge in [-0.3, -0.25) is 9.59 Å². The van der Waals surface area contributed by atoms with Crippen molar-refractivity contribution >= 4 is 17.5 Å². The van der Waals surface area contributed by atoms with E-state index in [9.17, 15) is 14.7 Å². The Labute approximate surface area is 123 Å². The molecule has 2 amide bonds. The molecule has 1 aromatic rings. The van der Waals surface area contributed by atoms with Gasteiger partial charge >= 0.3 is 0 Å². The summed E-state index contributed by atoms with van der Waals surface area (Å²) in [5, 5.41) is 12.0. The van der Waals surface area contributed by atoms with Crippen LogP contribution in [0.2, 0.25) is 0 Å². The molecular weight excluding hydrogens is 268 g/mol. The number of aliphatic hydroxyl groups is 1. The third kappa shape index (κ3) is 2.78. The normalized spacial score (nSPS) is 17.7. The summed E-state index contributed by atoms with van der Waals surface area (Å²) in [6.07, 6.45) is 4.64. The lowest BCUT2D eigenvalue weighted by molar-refractivity contribution is -0.115. The molecule has 0 spiro atoms. The van der Waals surface area contributed by atoms with E-state index in [2.05, 4.69) is 5.32 Å². The van der Waals surface area contributed by atoms with Gasteiger partial charge in [0.15, 0.2) is 0 Å². The van der Waals surface area contributed by atoms with Crippen molar-refractivity contribution in [1.82, 2.24) is 4.90 Å². The fourth-order valence-electron chi connectivity index (χ4n) is 3.30. The number of nitrogens with zero attached hydrogens (tertiary/aromatic N) is 1. The fourth-order valence-corrected chi connectivity index (χ4v) is 3.30. The van der Waals surface area contributed by atoms with Crippen molar-refractivity contribution in [2.75, 3.05) is 18.5 Å². The van der Waals surface area contributed by atoms with Gasteiger partial charge in [0.05, 0.1) is 13.0 Å². The number of carbonyl (C=O) groups is 2. The Morgan fingerprint density at radius 3 is 2.81 bits per heavy atom. The number of amides is 2. The Bertz CT molecular complexity index is 565. The predicted octanol–water partition coefficient (Wildman–Crippen LogP) is 1.56. The highest BCUT2D eigenvalue weighted by atomic mass is 16.3. The molecule has 1 aliphatic carbocycles. The third-order valence-corrected chi connectivity index (χ3v) is 4.34. The molecule has 0 bridgehead atoms.